The normalized spacial score (nSPS) is 17.8. The Hall–Kier alpha value is -2.44. The molecule has 7 nitrogen and oxygen atoms in total. The van der Waals surface area contributed by atoms with Crippen LogP contribution in [0.4, 0.5) is 4.79 Å². The summed E-state index contributed by atoms with van der Waals surface area (Å²) in [7, 11) is 2.98. The summed E-state index contributed by atoms with van der Waals surface area (Å²) >= 11 is 0. The molecule has 124 valence electrons. The Morgan fingerprint density at radius 3 is 2.61 bits per heavy atom. The average molecular weight is 318 g/mol. The Morgan fingerprint density at radius 2 is 2.09 bits per heavy atom. The third-order valence-electron chi connectivity index (χ3n) is 3.98. The maximum Gasteiger partial charge on any atom is 0.326 e. The highest BCUT2D eigenvalue weighted by Crippen LogP contribution is 2.18. The number of urea groups is 1. The average Bonchev–Trinajstić information content (AvgIpc) is 2.73. The lowest BCUT2D eigenvalue weighted by molar-refractivity contribution is -0.136. The van der Waals surface area contributed by atoms with Crippen molar-refractivity contribution in [2.45, 2.75) is 32.4 Å². The number of likely N-dealkylation sites (N-methyl/N-ethyl adjacent to an activating group) is 2. The van der Waals surface area contributed by atoms with Gasteiger partial charge in [0.1, 0.15) is 6.04 Å². The zero-order valence-electron chi connectivity index (χ0n) is 13.7. The summed E-state index contributed by atoms with van der Waals surface area (Å²) in [6.45, 7) is 3.05. The summed E-state index contributed by atoms with van der Waals surface area (Å²) in [5.41, 5.74) is 0.939. The van der Waals surface area contributed by atoms with Gasteiger partial charge in [0.15, 0.2) is 0 Å². The van der Waals surface area contributed by atoms with Crippen LogP contribution in [0.25, 0.3) is 0 Å². The van der Waals surface area contributed by atoms with Crippen LogP contribution in [0.1, 0.15) is 25.3 Å². The summed E-state index contributed by atoms with van der Waals surface area (Å²) in [4.78, 5) is 44.6. The van der Waals surface area contributed by atoms with Gasteiger partial charge < -0.3 is 9.80 Å². The van der Waals surface area contributed by atoms with Crippen LogP contribution in [0.3, 0.4) is 0 Å². The first-order valence-corrected chi connectivity index (χ1v) is 7.66. The number of imide groups is 1. The minimum absolute atomic E-state index is 0.00563. The molecule has 0 unspecified atom stereocenters. The predicted molar refractivity (Wildman–Crippen MR) is 84.3 cm³/mol. The maximum atomic E-state index is 12.6. The molecular formula is C16H22N4O3. The second-order valence-corrected chi connectivity index (χ2v) is 5.69. The van der Waals surface area contributed by atoms with Crippen molar-refractivity contribution >= 4 is 17.8 Å². The van der Waals surface area contributed by atoms with E-state index in [0.29, 0.717) is 13.1 Å². The number of hydrogen-bond donors (Lipinski definition) is 0. The van der Waals surface area contributed by atoms with Crippen molar-refractivity contribution in [1.82, 2.24) is 19.7 Å². The van der Waals surface area contributed by atoms with Gasteiger partial charge in [0.2, 0.25) is 5.91 Å². The molecule has 0 bridgehead atoms. The van der Waals surface area contributed by atoms with Gasteiger partial charge in [-0.1, -0.05) is 13.0 Å². The molecule has 0 aromatic carbocycles. The number of carbonyl (C=O) groups excluding carboxylic acids is 3. The van der Waals surface area contributed by atoms with Crippen molar-refractivity contribution in [2.24, 2.45) is 0 Å². The Kier molecular flexibility index (Phi) is 5.31. The molecule has 2 heterocycles. The molecule has 0 saturated carbocycles. The first-order valence-electron chi connectivity index (χ1n) is 7.66. The molecule has 1 fully saturated rings. The Labute approximate surface area is 135 Å². The van der Waals surface area contributed by atoms with Gasteiger partial charge in [0, 0.05) is 39.6 Å². The fourth-order valence-corrected chi connectivity index (χ4v) is 2.65. The van der Waals surface area contributed by atoms with Crippen LogP contribution < -0.4 is 0 Å². The van der Waals surface area contributed by atoms with Crippen molar-refractivity contribution in [3.05, 3.63) is 30.1 Å². The van der Waals surface area contributed by atoms with Gasteiger partial charge in [-0.25, -0.2) is 4.79 Å². The standard InChI is InChI=1S/C16H22N4O3/c1-4-8-20(11-12-6-5-7-17-10-12)14(21)9-13-15(22)19(3)16(23)18(13)2/h5-7,10,13H,4,8-9,11H2,1-3H3/t13-/m1/s1. The molecule has 1 aromatic heterocycles. The molecular weight excluding hydrogens is 296 g/mol. The number of pyridine rings is 1. The molecule has 2 rings (SSSR count). The van der Waals surface area contributed by atoms with Crippen molar-refractivity contribution in [2.75, 3.05) is 20.6 Å². The summed E-state index contributed by atoms with van der Waals surface area (Å²) in [5.74, 6) is -0.465. The minimum Gasteiger partial charge on any atom is -0.338 e. The largest absolute Gasteiger partial charge is 0.338 e. The van der Waals surface area contributed by atoms with E-state index in [-0.39, 0.29) is 24.3 Å². The number of carbonyl (C=O) groups is 3. The molecule has 0 radical (unpaired) electrons. The Bertz CT molecular complexity index is 590. The molecule has 23 heavy (non-hydrogen) atoms. The second kappa shape index (κ2) is 7.21. The van der Waals surface area contributed by atoms with Gasteiger partial charge in [-0.05, 0) is 18.1 Å². The first kappa shape index (κ1) is 16.9. The van der Waals surface area contributed by atoms with Crippen LogP contribution >= 0.6 is 0 Å². The summed E-state index contributed by atoms with van der Waals surface area (Å²) in [6.07, 6.45) is 4.23. The van der Waals surface area contributed by atoms with E-state index in [4.69, 9.17) is 0 Å². The van der Waals surface area contributed by atoms with Crippen molar-refractivity contribution < 1.29 is 14.4 Å². The molecule has 1 aliphatic heterocycles. The molecule has 7 heteroatoms. The van der Waals surface area contributed by atoms with E-state index < -0.39 is 6.04 Å². The number of nitrogens with zero attached hydrogens (tertiary/aromatic N) is 4. The van der Waals surface area contributed by atoms with E-state index in [1.54, 1.807) is 24.3 Å². The van der Waals surface area contributed by atoms with Crippen LogP contribution in [0.2, 0.25) is 0 Å². The van der Waals surface area contributed by atoms with E-state index >= 15 is 0 Å². The monoisotopic (exact) mass is 318 g/mol. The topological polar surface area (TPSA) is 73.8 Å². The number of aromatic nitrogens is 1. The van der Waals surface area contributed by atoms with E-state index in [9.17, 15) is 14.4 Å². The lowest BCUT2D eigenvalue weighted by atomic mass is 10.1. The Balaban J connectivity index is 2.06. The summed E-state index contributed by atoms with van der Waals surface area (Å²) in [6, 6.07) is 2.65. The van der Waals surface area contributed by atoms with Gasteiger partial charge in [0.05, 0.1) is 6.42 Å². The first-order chi connectivity index (χ1) is 11.0. The number of amides is 4. The van der Waals surface area contributed by atoms with Crippen LogP contribution in [0.15, 0.2) is 24.5 Å². The second-order valence-electron chi connectivity index (χ2n) is 5.69. The van der Waals surface area contributed by atoms with Gasteiger partial charge in [-0.3, -0.25) is 19.5 Å². The highest BCUT2D eigenvalue weighted by molar-refractivity contribution is 6.05. The van der Waals surface area contributed by atoms with Crippen molar-refractivity contribution in [3.8, 4) is 0 Å². The fraction of sp³-hybridized carbons (Fsp3) is 0.500. The highest BCUT2D eigenvalue weighted by atomic mass is 16.2. The van der Waals surface area contributed by atoms with Gasteiger partial charge in [-0.15, -0.1) is 0 Å². The molecule has 4 amide bonds. The predicted octanol–water partition coefficient (Wildman–Crippen LogP) is 1.10. The highest BCUT2D eigenvalue weighted by Gasteiger charge is 2.42. The van der Waals surface area contributed by atoms with E-state index in [1.165, 1.54) is 11.9 Å². The third-order valence-corrected chi connectivity index (χ3v) is 3.98. The maximum absolute atomic E-state index is 12.6. The molecule has 1 atom stereocenters. The van der Waals surface area contributed by atoms with E-state index in [0.717, 1.165) is 16.9 Å². The zero-order valence-corrected chi connectivity index (χ0v) is 13.7. The van der Waals surface area contributed by atoms with E-state index in [1.807, 2.05) is 19.1 Å². The smallest absolute Gasteiger partial charge is 0.326 e. The SMILES string of the molecule is CCCN(Cc1cccnc1)C(=O)C[C@@H]1C(=O)N(C)C(=O)N1C. The van der Waals surface area contributed by atoms with Gasteiger partial charge in [-0.2, -0.15) is 0 Å². The van der Waals surface area contributed by atoms with Crippen LogP contribution in [-0.2, 0) is 16.1 Å². The number of rotatable bonds is 6. The minimum atomic E-state index is -0.715. The summed E-state index contributed by atoms with van der Waals surface area (Å²) in [5, 5.41) is 0. The fourth-order valence-electron chi connectivity index (χ4n) is 2.65. The quantitative estimate of drug-likeness (QED) is 0.736. The van der Waals surface area contributed by atoms with Crippen molar-refractivity contribution in [3.63, 3.8) is 0 Å². The molecule has 0 N–H and O–H groups in total. The van der Waals surface area contributed by atoms with Gasteiger partial charge >= 0.3 is 6.03 Å². The van der Waals surface area contributed by atoms with E-state index in [2.05, 4.69) is 4.98 Å². The zero-order chi connectivity index (χ0) is 17.0. The van der Waals surface area contributed by atoms with Crippen LogP contribution in [-0.4, -0.2) is 64.2 Å². The Morgan fingerprint density at radius 1 is 1.35 bits per heavy atom. The molecule has 1 aliphatic rings. The molecule has 0 aliphatic carbocycles. The third kappa shape index (κ3) is 3.67. The summed E-state index contributed by atoms with van der Waals surface area (Å²) < 4.78 is 0. The van der Waals surface area contributed by atoms with Crippen molar-refractivity contribution in [1.29, 1.82) is 0 Å². The van der Waals surface area contributed by atoms with Crippen LogP contribution in [0, 0.1) is 0 Å². The molecule has 1 saturated heterocycles. The number of hydrogen-bond acceptors (Lipinski definition) is 4. The van der Waals surface area contributed by atoms with Gasteiger partial charge in [0.25, 0.3) is 5.91 Å². The lowest BCUT2D eigenvalue weighted by Gasteiger charge is -2.24. The van der Waals surface area contributed by atoms with Crippen LogP contribution in [0.5, 0.6) is 0 Å². The lowest BCUT2D eigenvalue weighted by Crippen LogP contribution is -2.39. The molecule has 1 aromatic rings. The molecule has 0 spiro atoms.